The summed E-state index contributed by atoms with van der Waals surface area (Å²) in [6, 6.07) is 16.9. The first-order chi connectivity index (χ1) is 13.5. The third-order valence-electron chi connectivity index (χ3n) is 5.61. The van der Waals surface area contributed by atoms with Gasteiger partial charge < -0.3 is 5.32 Å². The zero-order valence-corrected chi connectivity index (χ0v) is 15.4. The number of rotatable bonds is 1. The molecular weight excluding hydrogens is 354 g/mol. The molecule has 2 heterocycles. The molecule has 2 aromatic carbocycles. The van der Waals surface area contributed by atoms with Crippen LogP contribution in [0.15, 0.2) is 69.8 Å². The van der Waals surface area contributed by atoms with E-state index in [2.05, 4.69) is 5.32 Å². The number of carbonyl (C=O) groups excluding carboxylic acids is 1. The highest BCUT2D eigenvalue weighted by Crippen LogP contribution is 2.47. The lowest BCUT2D eigenvalue weighted by atomic mass is 9.81. The van der Waals surface area contributed by atoms with Crippen LogP contribution in [-0.4, -0.2) is 14.9 Å². The van der Waals surface area contributed by atoms with E-state index in [1.54, 1.807) is 13.1 Å². The molecule has 2 aliphatic rings. The van der Waals surface area contributed by atoms with Crippen LogP contribution >= 0.6 is 0 Å². The second-order valence-corrected chi connectivity index (χ2v) is 7.10. The molecule has 0 saturated carbocycles. The Balaban J connectivity index is 1.90. The van der Waals surface area contributed by atoms with Crippen molar-refractivity contribution in [2.75, 3.05) is 5.32 Å². The van der Waals surface area contributed by atoms with E-state index in [1.807, 2.05) is 48.5 Å². The van der Waals surface area contributed by atoms with Crippen LogP contribution in [0.5, 0.6) is 0 Å². The lowest BCUT2D eigenvalue weighted by Gasteiger charge is -2.29. The average molecular weight is 371 g/mol. The predicted molar refractivity (Wildman–Crippen MR) is 107 cm³/mol. The molecule has 0 saturated heterocycles. The number of fused-ring (bicyclic) bond motifs is 3. The van der Waals surface area contributed by atoms with Gasteiger partial charge in [0.25, 0.3) is 5.56 Å². The van der Waals surface area contributed by atoms with Crippen LogP contribution in [0.4, 0.5) is 5.82 Å². The summed E-state index contributed by atoms with van der Waals surface area (Å²) >= 11 is 0. The van der Waals surface area contributed by atoms with Gasteiger partial charge >= 0.3 is 5.69 Å². The Hall–Kier alpha value is -3.67. The summed E-state index contributed by atoms with van der Waals surface area (Å²) in [5, 5.41) is 3.23. The van der Waals surface area contributed by atoms with Gasteiger partial charge in [0.05, 0.1) is 11.3 Å². The number of carbonyl (C=O) groups is 1. The Bertz CT molecular complexity index is 1310. The Morgan fingerprint density at radius 3 is 2.18 bits per heavy atom. The van der Waals surface area contributed by atoms with Gasteiger partial charge in [-0.25, -0.2) is 4.79 Å². The summed E-state index contributed by atoms with van der Waals surface area (Å²) in [5.41, 5.74) is 3.07. The van der Waals surface area contributed by atoms with Crippen molar-refractivity contribution in [2.45, 2.75) is 5.92 Å². The van der Waals surface area contributed by atoms with Gasteiger partial charge in [0.2, 0.25) is 0 Å². The molecule has 3 aromatic rings. The fraction of sp³-hybridized carbons (Fsp3) is 0.136. The summed E-state index contributed by atoms with van der Waals surface area (Å²) in [6.45, 7) is 0. The van der Waals surface area contributed by atoms with Crippen molar-refractivity contribution in [3.05, 3.63) is 103 Å². The van der Waals surface area contributed by atoms with Crippen molar-refractivity contribution >= 4 is 17.3 Å². The van der Waals surface area contributed by atoms with E-state index in [4.69, 9.17) is 0 Å². The van der Waals surface area contributed by atoms with E-state index in [-0.39, 0.29) is 5.78 Å². The number of nitrogens with zero attached hydrogens (tertiary/aromatic N) is 2. The molecule has 1 atom stereocenters. The van der Waals surface area contributed by atoms with Crippen molar-refractivity contribution in [1.29, 1.82) is 0 Å². The number of allylic oxidation sites excluding steroid dienone is 1. The van der Waals surface area contributed by atoms with E-state index < -0.39 is 17.2 Å². The molecule has 1 N–H and O–H groups in total. The van der Waals surface area contributed by atoms with Crippen molar-refractivity contribution in [3.8, 4) is 0 Å². The summed E-state index contributed by atoms with van der Waals surface area (Å²) in [6.07, 6.45) is 0. The van der Waals surface area contributed by atoms with E-state index in [9.17, 15) is 14.4 Å². The Labute approximate surface area is 160 Å². The standard InChI is InChI=1S/C22H17N3O3/c1-24-20-17(21(27)25(2)22(24)28)15(12-8-4-3-5-9-12)16-18(23-20)13-10-6-7-11-14(13)19(16)26/h3-11,15,23H,1-2H3/t15-/m1/s1. The largest absolute Gasteiger partial charge is 0.340 e. The second-order valence-electron chi connectivity index (χ2n) is 7.10. The molecule has 6 nitrogen and oxygen atoms in total. The van der Waals surface area contributed by atoms with Crippen molar-refractivity contribution in [1.82, 2.24) is 9.13 Å². The monoisotopic (exact) mass is 371 g/mol. The number of ketones is 1. The quantitative estimate of drug-likeness (QED) is 0.712. The molecule has 0 spiro atoms. The third kappa shape index (κ3) is 2.00. The van der Waals surface area contributed by atoms with Crippen LogP contribution in [0.2, 0.25) is 0 Å². The van der Waals surface area contributed by atoms with E-state index in [1.165, 1.54) is 11.6 Å². The molecule has 6 heteroatoms. The average Bonchev–Trinajstić information content (AvgIpc) is 3.02. The lowest BCUT2D eigenvalue weighted by Crippen LogP contribution is -2.42. The van der Waals surface area contributed by atoms with Gasteiger partial charge in [0.15, 0.2) is 5.78 Å². The zero-order chi connectivity index (χ0) is 19.6. The third-order valence-corrected chi connectivity index (χ3v) is 5.61. The number of Topliss-reactive ketones (excluding diaryl/α,β-unsaturated/α-hetero) is 1. The number of anilines is 1. The predicted octanol–water partition coefficient (Wildman–Crippen LogP) is 2.25. The Morgan fingerprint density at radius 2 is 1.46 bits per heavy atom. The molecule has 0 radical (unpaired) electrons. The highest BCUT2D eigenvalue weighted by atomic mass is 16.2. The Morgan fingerprint density at radius 1 is 0.821 bits per heavy atom. The van der Waals surface area contributed by atoms with Gasteiger partial charge in [-0.05, 0) is 5.56 Å². The van der Waals surface area contributed by atoms with Crippen LogP contribution in [0.1, 0.15) is 33.0 Å². The summed E-state index contributed by atoms with van der Waals surface area (Å²) in [4.78, 5) is 38.9. The number of hydrogen-bond acceptors (Lipinski definition) is 4. The molecule has 0 unspecified atom stereocenters. The van der Waals surface area contributed by atoms with Crippen molar-refractivity contribution < 1.29 is 4.79 Å². The number of hydrogen-bond donors (Lipinski definition) is 1. The summed E-state index contributed by atoms with van der Waals surface area (Å²) in [7, 11) is 3.09. The molecule has 0 fully saturated rings. The molecule has 1 aliphatic heterocycles. The molecule has 138 valence electrons. The van der Waals surface area contributed by atoms with Gasteiger partial charge in [-0.2, -0.15) is 0 Å². The minimum absolute atomic E-state index is 0.0893. The van der Waals surface area contributed by atoms with Crippen LogP contribution in [0.3, 0.4) is 0 Å². The molecule has 1 aromatic heterocycles. The first-order valence-corrected chi connectivity index (χ1v) is 9.01. The van der Waals surface area contributed by atoms with Crippen LogP contribution < -0.4 is 16.6 Å². The topological polar surface area (TPSA) is 73.1 Å². The maximum Gasteiger partial charge on any atom is 0.332 e. The zero-order valence-electron chi connectivity index (χ0n) is 15.4. The number of nitrogens with one attached hydrogen (secondary N) is 1. The van der Waals surface area contributed by atoms with Gasteiger partial charge in [0, 0.05) is 36.7 Å². The fourth-order valence-corrected chi connectivity index (χ4v) is 4.24. The molecule has 0 amide bonds. The van der Waals surface area contributed by atoms with Gasteiger partial charge in [-0.1, -0.05) is 54.6 Å². The minimum atomic E-state index is -0.544. The molecular formula is C22H17N3O3. The first kappa shape index (κ1) is 16.5. The second kappa shape index (κ2) is 5.66. The van der Waals surface area contributed by atoms with Crippen LogP contribution in [0.25, 0.3) is 5.70 Å². The van der Waals surface area contributed by atoms with Gasteiger partial charge in [-0.3, -0.25) is 18.7 Å². The number of aromatic nitrogens is 2. The van der Waals surface area contributed by atoms with Crippen molar-refractivity contribution in [3.63, 3.8) is 0 Å². The van der Waals surface area contributed by atoms with E-state index in [0.29, 0.717) is 28.2 Å². The smallest absolute Gasteiger partial charge is 0.332 e. The summed E-state index contributed by atoms with van der Waals surface area (Å²) < 4.78 is 2.52. The van der Waals surface area contributed by atoms with Gasteiger partial charge in [-0.15, -0.1) is 0 Å². The molecule has 1 aliphatic carbocycles. The fourth-order valence-electron chi connectivity index (χ4n) is 4.24. The van der Waals surface area contributed by atoms with E-state index in [0.717, 1.165) is 15.7 Å². The minimum Gasteiger partial charge on any atom is -0.340 e. The highest BCUT2D eigenvalue weighted by molar-refractivity contribution is 6.23. The molecule has 5 rings (SSSR count). The van der Waals surface area contributed by atoms with Crippen LogP contribution in [0, 0.1) is 0 Å². The lowest BCUT2D eigenvalue weighted by molar-refractivity contribution is 0.103. The maximum absolute atomic E-state index is 13.3. The molecule has 28 heavy (non-hydrogen) atoms. The van der Waals surface area contributed by atoms with Crippen LogP contribution in [-0.2, 0) is 14.1 Å². The highest BCUT2D eigenvalue weighted by Gasteiger charge is 2.42. The van der Waals surface area contributed by atoms with Gasteiger partial charge in [0.1, 0.15) is 5.82 Å². The summed E-state index contributed by atoms with van der Waals surface area (Å²) in [5.74, 6) is -0.198. The normalized spacial score (nSPS) is 17.1. The van der Waals surface area contributed by atoms with Crippen molar-refractivity contribution in [2.24, 2.45) is 14.1 Å². The SMILES string of the molecule is Cn1c2c(c(=O)n(C)c1=O)[C@H](c1ccccc1)C1=C(N2)c2ccccc2C1=O. The first-order valence-electron chi connectivity index (χ1n) is 9.01. The molecule has 0 bridgehead atoms. The number of benzene rings is 2. The Kier molecular flexibility index (Phi) is 3.34. The van der Waals surface area contributed by atoms with E-state index >= 15 is 0 Å². The maximum atomic E-state index is 13.3.